The zero-order valence-corrected chi connectivity index (χ0v) is 11.8. The SMILES string of the molecule is NNC(Cc1ccc(F)cc1Cl)c1cc(F)ccc1Cl. The molecule has 1 atom stereocenters. The Bertz CT molecular complexity index is 620. The quantitative estimate of drug-likeness (QED) is 0.660. The monoisotopic (exact) mass is 316 g/mol. The summed E-state index contributed by atoms with van der Waals surface area (Å²) < 4.78 is 26.3. The van der Waals surface area contributed by atoms with Gasteiger partial charge in [-0.05, 0) is 47.9 Å². The number of hydrogen-bond donors (Lipinski definition) is 2. The van der Waals surface area contributed by atoms with Gasteiger partial charge in [0, 0.05) is 10.0 Å². The molecule has 2 nitrogen and oxygen atoms in total. The highest BCUT2D eigenvalue weighted by Gasteiger charge is 2.16. The van der Waals surface area contributed by atoms with Gasteiger partial charge in [0.25, 0.3) is 0 Å². The molecule has 0 saturated carbocycles. The normalized spacial score (nSPS) is 12.4. The zero-order chi connectivity index (χ0) is 14.7. The van der Waals surface area contributed by atoms with Crippen LogP contribution in [0.5, 0.6) is 0 Å². The second-order valence-corrected chi connectivity index (χ2v) is 5.14. The van der Waals surface area contributed by atoms with Crippen molar-refractivity contribution in [3.8, 4) is 0 Å². The molecule has 0 heterocycles. The smallest absolute Gasteiger partial charge is 0.124 e. The Hall–Kier alpha value is -1.20. The Kier molecular flexibility index (Phi) is 4.94. The predicted octanol–water partition coefficient (Wildman–Crippen LogP) is 4.02. The van der Waals surface area contributed by atoms with Gasteiger partial charge in [0.15, 0.2) is 0 Å². The second-order valence-electron chi connectivity index (χ2n) is 4.32. The van der Waals surface area contributed by atoms with Gasteiger partial charge in [0.1, 0.15) is 11.6 Å². The third kappa shape index (κ3) is 3.46. The van der Waals surface area contributed by atoms with Crippen molar-refractivity contribution in [1.82, 2.24) is 5.43 Å². The number of hydrazine groups is 1. The molecule has 106 valence electrons. The molecule has 6 heteroatoms. The van der Waals surface area contributed by atoms with Crippen LogP contribution in [0.25, 0.3) is 0 Å². The van der Waals surface area contributed by atoms with Crippen molar-refractivity contribution >= 4 is 23.2 Å². The highest BCUT2D eigenvalue weighted by molar-refractivity contribution is 6.31. The Morgan fingerprint density at radius 3 is 2.30 bits per heavy atom. The van der Waals surface area contributed by atoms with Gasteiger partial charge in [-0.1, -0.05) is 29.3 Å². The molecular weight excluding hydrogens is 305 g/mol. The van der Waals surface area contributed by atoms with Gasteiger partial charge in [-0.2, -0.15) is 0 Å². The van der Waals surface area contributed by atoms with Gasteiger partial charge in [0.2, 0.25) is 0 Å². The zero-order valence-electron chi connectivity index (χ0n) is 10.3. The fourth-order valence-corrected chi connectivity index (χ4v) is 2.44. The average Bonchev–Trinajstić information content (AvgIpc) is 2.41. The first kappa shape index (κ1) is 15.2. The first-order valence-electron chi connectivity index (χ1n) is 5.86. The van der Waals surface area contributed by atoms with Gasteiger partial charge in [0.05, 0.1) is 6.04 Å². The molecule has 0 bridgehead atoms. The number of rotatable bonds is 4. The van der Waals surface area contributed by atoms with E-state index >= 15 is 0 Å². The van der Waals surface area contributed by atoms with Crippen LogP contribution in [-0.4, -0.2) is 0 Å². The van der Waals surface area contributed by atoms with E-state index in [0.717, 1.165) is 0 Å². The van der Waals surface area contributed by atoms with Crippen molar-refractivity contribution in [3.63, 3.8) is 0 Å². The van der Waals surface area contributed by atoms with Crippen molar-refractivity contribution in [1.29, 1.82) is 0 Å². The first-order valence-corrected chi connectivity index (χ1v) is 6.62. The second kappa shape index (κ2) is 6.50. The van der Waals surface area contributed by atoms with Gasteiger partial charge in [-0.3, -0.25) is 11.3 Å². The minimum atomic E-state index is -0.429. The minimum Gasteiger partial charge on any atom is -0.271 e. The molecule has 2 aromatic rings. The molecular formula is C14H12Cl2F2N2. The van der Waals surface area contributed by atoms with Crippen LogP contribution in [0.2, 0.25) is 10.0 Å². The molecule has 0 saturated heterocycles. The Balaban J connectivity index is 2.31. The van der Waals surface area contributed by atoms with E-state index in [0.29, 0.717) is 22.6 Å². The largest absolute Gasteiger partial charge is 0.271 e. The highest BCUT2D eigenvalue weighted by Crippen LogP contribution is 2.28. The molecule has 0 radical (unpaired) electrons. The standard InChI is InChI=1S/C14H12Cl2F2N2/c15-12-4-3-9(17)6-11(12)14(20-19)5-8-1-2-10(18)7-13(8)16/h1-4,6-7,14,20H,5,19H2. The van der Waals surface area contributed by atoms with Gasteiger partial charge in [-0.15, -0.1) is 0 Å². The van der Waals surface area contributed by atoms with E-state index in [1.807, 2.05) is 0 Å². The number of hydrogen-bond acceptors (Lipinski definition) is 2. The molecule has 0 aliphatic heterocycles. The van der Waals surface area contributed by atoms with Gasteiger partial charge >= 0.3 is 0 Å². The van der Waals surface area contributed by atoms with Crippen LogP contribution in [0.4, 0.5) is 8.78 Å². The van der Waals surface area contributed by atoms with Crippen molar-refractivity contribution in [2.24, 2.45) is 5.84 Å². The predicted molar refractivity (Wildman–Crippen MR) is 76.6 cm³/mol. The van der Waals surface area contributed by atoms with Crippen LogP contribution >= 0.6 is 23.2 Å². The molecule has 0 spiro atoms. The van der Waals surface area contributed by atoms with Crippen molar-refractivity contribution < 1.29 is 8.78 Å². The van der Waals surface area contributed by atoms with E-state index in [4.69, 9.17) is 29.0 Å². The van der Waals surface area contributed by atoms with Gasteiger partial charge in [-0.25, -0.2) is 8.78 Å². The van der Waals surface area contributed by atoms with Crippen LogP contribution in [0.3, 0.4) is 0 Å². The lowest BCUT2D eigenvalue weighted by Crippen LogP contribution is -2.30. The van der Waals surface area contributed by atoms with Crippen LogP contribution in [-0.2, 0) is 6.42 Å². The number of halogens is 4. The molecule has 20 heavy (non-hydrogen) atoms. The maximum Gasteiger partial charge on any atom is 0.124 e. The van der Waals surface area contributed by atoms with Crippen molar-refractivity contribution in [2.45, 2.75) is 12.5 Å². The van der Waals surface area contributed by atoms with E-state index in [1.165, 1.54) is 30.3 Å². The van der Waals surface area contributed by atoms with E-state index in [1.54, 1.807) is 6.07 Å². The molecule has 0 amide bonds. The molecule has 0 fully saturated rings. The third-order valence-electron chi connectivity index (χ3n) is 2.97. The summed E-state index contributed by atoms with van der Waals surface area (Å²) in [5.74, 6) is 4.68. The molecule has 1 unspecified atom stereocenters. The van der Waals surface area contributed by atoms with Crippen LogP contribution in [0.15, 0.2) is 36.4 Å². The van der Waals surface area contributed by atoms with E-state index < -0.39 is 17.7 Å². The van der Waals surface area contributed by atoms with Crippen LogP contribution < -0.4 is 11.3 Å². The molecule has 2 rings (SSSR count). The number of benzene rings is 2. The first-order chi connectivity index (χ1) is 9.51. The summed E-state index contributed by atoms with van der Waals surface area (Å²) in [6, 6.07) is 7.70. The number of nitrogens with one attached hydrogen (secondary N) is 1. The summed E-state index contributed by atoms with van der Waals surface area (Å²) in [6.45, 7) is 0. The Morgan fingerprint density at radius 1 is 1.00 bits per heavy atom. The maximum absolute atomic E-state index is 13.3. The summed E-state index contributed by atoms with van der Waals surface area (Å²) in [4.78, 5) is 0. The van der Waals surface area contributed by atoms with E-state index in [9.17, 15) is 8.78 Å². The summed E-state index contributed by atoms with van der Waals surface area (Å²) in [6.07, 6.45) is 0.360. The molecule has 0 aliphatic rings. The van der Waals surface area contributed by atoms with E-state index in [2.05, 4.69) is 5.43 Å². The number of nitrogens with two attached hydrogens (primary N) is 1. The van der Waals surface area contributed by atoms with Crippen LogP contribution in [0, 0.1) is 11.6 Å². The summed E-state index contributed by atoms with van der Waals surface area (Å²) in [5.41, 5.74) is 3.79. The minimum absolute atomic E-state index is 0.290. The summed E-state index contributed by atoms with van der Waals surface area (Å²) in [5, 5.41) is 0.686. The molecule has 0 aromatic heterocycles. The lowest BCUT2D eigenvalue weighted by atomic mass is 9.99. The molecule has 2 aromatic carbocycles. The fourth-order valence-electron chi connectivity index (χ4n) is 1.95. The van der Waals surface area contributed by atoms with Crippen LogP contribution in [0.1, 0.15) is 17.2 Å². The summed E-state index contributed by atoms with van der Waals surface area (Å²) in [7, 11) is 0. The van der Waals surface area contributed by atoms with Crippen molar-refractivity contribution in [2.75, 3.05) is 0 Å². The topological polar surface area (TPSA) is 38.0 Å². The third-order valence-corrected chi connectivity index (χ3v) is 3.67. The Labute approximate surface area is 125 Å². The van der Waals surface area contributed by atoms with E-state index in [-0.39, 0.29) is 5.02 Å². The fraction of sp³-hybridized carbons (Fsp3) is 0.143. The lowest BCUT2D eigenvalue weighted by molar-refractivity contribution is 0.544. The van der Waals surface area contributed by atoms with Gasteiger partial charge < -0.3 is 0 Å². The Morgan fingerprint density at radius 2 is 1.65 bits per heavy atom. The molecule has 3 N–H and O–H groups in total. The molecule has 0 aliphatic carbocycles. The summed E-state index contributed by atoms with van der Waals surface area (Å²) >= 11 is 12.0. The lowest BCUT2D eigenvalue weighted by Gasteiger charge is -2.18. The highest BCUT2D eigenvalue weighted by atomic mass is 35.5. The maximum atomic E-state index is 13.3. The van der Waals surface area contributed by atoms with Crippen molar-refractivity contribution in [3.05, 3.63) is 69.2 Å². The average molecular weight is 317 g/mol.